The van der Waals surface area contributed by atoms with Crippen LogP contribution < -0.4 is 10.6 Å². The van der Waals surface area contributed by atoms with Gasteiger partial charge in [-0.25, -0.2) is 9.69 Å². The molecule has 1 fully saturated rings. The lowest BCUT2D eigenvalue weighted by atomic mass is 10.1. The van der Waals surface area contributed by atoms with E-state index in [9.17, 15) is 9.59 Å². The summed E-state index contributed by atoms with van der Waals surface area (Å²) in [5.41, 5.74) is 8.04. The number of anilines is 1. The van der Waals surface area contributed by atoms with Crippen LogP contribution in [0.1, 0.15) is 6.42 Å². The van der Waals surface area contributed by atoms with E-state index < -0.39 is 0 Å². The first kappa shape index (κ1) is 14.2. The summed E-state index contributed by atoms with van der Waals surface area (Å²) in [6.45, 7) is 0. The Balaban J connectivity index is 1.69. The van der Waals surface area contributed by atoms with Crippen molar-refractivity contribution in [2.24, 2.45) is 5.73 Å². The number of fused-ring (bicyclic) bond motifs is 5. The van der Waals surface area contributed by atoms with Crippen LogP contribution in [-0.4, -0.2) is 26.9 Å². The Morgan fingerprint density at radius 2 is 1.80 bits per heavy atom. The minimum Gasteiger partial charge on any atom is -0.376 e. The van der Waals surface area contributed by atoms with Crippen molar-refractivity contribution in [3.8, 4) is 0 Å². The molecule has 2 aromatic carbocycles. The second kappa shape index (κ2) is 4.67. The third-order valence-corrected chi connectivity index (χ3v) is 4.93. The van der Waals surface area contributed by atoms with E-state index in [1.54, 1.807) is 17.2 Å². The Bertz CT molecular complexity index is 1070. The van der Waals surface area contributed by atoms with Crippen LogP contribution >= 0.6 is 12.2 Å². The Morgan fingerprint density at radius 1 is 1.04 bits per heavy atom. The van der Waals surface area contributed by atoms with Crippen LogP contribution in [0.15, 0.2) is 65.8 Å². The third kappa shape index (κ3) is 1.70. The molecule has 0 spiro atoms. The molecule has 5 rings (SSSR count). The van der Waals surface area contributed by atoms with Gasteiger partial charge >= 0.3 is 6.03 Å². The summed E-state index contributed by atoms with van der Waals surface area (Å²) >= 11 is 5.03. The zero-order valence-electron chi connectivity index (χ0n) is 13.0. The molecule has 122 valence electrons. The first-order chi connectivity index (χ1) is 12.1. The van der Waals surface area contributed by atoms with Gasteiger partial charge in [0.15, 0.2) is 5.11 Å². The smallest absolute Gasteiger partial charge is 0.340 e. The summed E-state index contributed by atoms with van der Waals surface area (Å²) in [4.78, 5) is 30.4. The van der Waals surface area contributed by atoms with Crippen molar-refractivity contribution in [3.05, 3.63) is 65.8 Å². The molecule has 1 saturated heterocycles. The normalized spacial score (nSPS) is 18.6. The first-order valence-electron chi connectivity index (χ1n) is 7.77. The van der Waals surface area contributed by atoms with Crippen molar-refractivity contribution in [1.82, 2.24) is 9.80 Å². The fraction of sp³-hybridized carbons (Fsp3) is 0.0556. The molecule has 2 aromatic rings. The summed E-state index contributed by atoms with van der Waals surface area (Å²) in [5, 5.41) is 1.99. The van der Waals surface area contributed by atoms with Crippen LogP contribution in [0, 0.1) is 0 Å². The van der Waals surface area contributed by atoms with Crippen molar-refractivity contribution in [2.45, 2.75) is 6.42 Å². The molecule has 2 bridgehead atoms. The summed E-state index contributed by atoms with van der Waals surface area (Å²) < 4.78 is 0. The predicted molar refractivity (Wildman–Crippen MR) is 97.0 cm³/mol. The maximum Gasteiger partial charge on any atom is 0.340 e. The van der Waals surface area contributed by atoms with Gasteiger partial charge in [-0.05, 0) is 23.7 Å². The van der Waals surface area contributed by atoms with Gasteiger partial charge in [0.2, 0.25) is 0 Å². The van der Waals surface area contributed by atoms with E-state index in [4.69, 9.17) is 18.0 Å². The number of thiocarbonyl (C=S) groups is 1. The van der Waals surface area contributed by atoms with Gasteiger partial charge in [-0.15, -0.1) is 0 Å². The minimum absolute atomic E-state index is 0.168. The highest BCUT2D eigenvalue weighted by molar-refractivity contribution is 7.80. The molecule has 0 atom stereocenters. The van der Waals surface area contributed by atoms with Crippen molar-refractivity contribution in [2.75, 3.05) is 4.90 Å². The summed E-state index contributed by atoms with van der Waals surface area (Å²) in [6, 6.07) is 12.9. The highest BCUT2D eigenvalue weighted by Gasteiger charge is 2.52. The SMILES string of the molecule is NC(=S)N1C=C2CC1=C1C(=O)N(c3cccc4ccccc34)C(=O)N21. The number of urea groups is 1. The predicted octanol–water partition coefficient (Wildman–Crippen LogP) is 2.62. The van der Waals surface area contributed by atoms with Gasteiger partial charge in [0.05, 0.1) is 17.1 Å². The molecule has 0 radical (unpaired) electrons. The van der Waals surface area contributed by atoms with E-state index in [1.165, 1.54) is 9.80 Å². The van der Waals surface area contributed by atoms with Crippen LogP contribution in [0.3, 0.4) is 0 Å². The van der Waals surface area contributed by atoms with Crippen molar-refractivity contribution in [3.63, 3.8) is 0 Å². The number of carbonyl (C=O) groups is 2. The maximum atomic E-state index is 13.1. The molecule has 0 unspecified atom stereocenters. The summed E-state index contributed by atoms with van der Waals surface area (Å²) in [7, 11) is 0. The lowest BCUT2D eigenvalue weighted by molar-refractivity contribution is -0.114. The molecule has 3 heterocycles. The van der Waals surface area contributed by atoms with Gasteiger partial charge in [0.25, 0.3) is 5.91 Å². The molecule has 6 nitrogen and oxygen atoms in total. The van der Waals surface area contributed by atoms with Gasteiger partial charge in [0, 0.05) is 18.0 Å². The van der Waals surface area contributed by atoms with Crippen LogP contribution in [0.5, 0.6) is 0 Å². The molecule has 0 saturated carbocycles. The van der Waals surface area contributed by atoms with Crippen molar-refractivity contribution in [1.29, 1.82) is 0 Å². The van der Waals surface area contributed by atoms with E-state index in [0.29, 0.717) is 23.5 Å². The number of imide groups is 1. The van der Waals surface area contributed by atoms with Gasteiger partial charge in [0.1, 0.15) is 5.70 Å². The van der Waals surface area contributed by atoms with Crippen LogP contribution in [0.25, 0.3) is 10.8 Å². The topological polar surface area (TPSA) is 69.9 Å². The average Bonchev–Trinajstić information content (AvgIpc) is 3.26. The molecule has 3 aliphatic heterocycles. The molecular weight excluding hydrogens is 336 g/mol. The zero-order valence-corrected chi connectivity index (χ0v) is 13.8. The fourth-order valence-electron chi connectivity index (χ4n) is 3.68. The maximum absolute atomic E-state index is 13.1. The molecular formula is C18H12N4O2S. The lowest BCUT2D eigenvalue weighted by Gasteiger charge is -2.20. The van der Waals surface area contributed by atoms with Crippen LogP contribution in [0.4, 0.5) is 10.5 Å². The minimum atomic E-state index is -0.361. The Morgan fingerprint density at radius 3 is 2.60 bits per heavy atom. The number of carbonyl (C=O) groups excluding carboxylic acids is 2. The molecule has 3 amide bonds. The second-order valence-corrected chi connectivity index (χ2v) is 6.48. The monoisotopic (exact) mass is 348 g/mol. The molecule has 2 N–H and O–H groups in total. The summed E-state index contributed by atoms with van der Waals surface area (Å²) in [5.74, 6) is -0.347. The Hall–Kier alpha value is -3.19. The van der Waals surface area contributed by atoms with Crippen molar-refractivity contribution >= 4 is 45.7 Å². The van der Waals surface area contributed by atoms with Crippen LogP contribution in [-0.2, 0) is 4.79 Å². The molecule has 0 aliphatic carbocycles. The third-order valence-electron chi connectivity index (χ3n) is 4.73. The van der Waals surface area contributed by atoms with Crippen LogP contribution in [0.2, 0.25) is 0 Å². The van der Waals surface area contributed by atoms with Crippen molar-refractivity contribution < 1.29 is 9.59 Å². The molecule has 7 heteroatoms. The highest BCUT2D eigenvalue weighted by atomic mass is 32.1. The quantitative estimate of drug-likeness (QED) is 0.634. The van der Waals surface area contributed by atoms with E-state index >= 15 is 0 Å². The second-order valence-electron chi connectivity index (χ2n) is 6.06. The van der Waals surface area contributed by atoms with E-state index in [2.05, 4.69) is 0 Å². The standard InChI is InChI=1S/C18H12N4O2S/c19-17(25)20-9-11-8-14(20)15-16(23)22(18(24)21(11)15)13-7-3-5-10-4-1-2-6-12(10)13/h1-7,9H,8H2,(H2,19,25). The number of hydrogen-bond acceptors (Lipinski definition) is 3. The number of rotatable bonds is 1. The Kier molecular flexibility index (Phi) is 2.65. The highest BCUT2D eigenvalue weighted by Crippen LogP contribution is 2.46. The number of amides is 3. The number of benzene rings is 2. The number of nitrogens with two attached hydrogens (primary N) is 1. The van der Waals surface area contributed by atoms with E-state index in [0.717, 1.165) is 16.5 Å². The summed E-state index contributed by atoms with van der Waals surface area (Å²) in [6.07, 6.45) is 2.21. The zero-order chi connectivity index (χ0) is 17.3. The van der Waals surface area contributed by atoms with Gasteiger partial charge in [-0.3, -0.25) is 14.6 Å². The number of nitrogens with zero attached hydrogens (tertiary/aromatic N) is 3. The van der Waals surface area contributed by atoms with Gasteiger partial charge < -0.3 is 5.73 Å². The van der Waals surface area contributed by atoms with E-state index in [1.807, 2.05) is 36.4 Å². The average molecular weight is 348 g/mol. The van der Waals surface area contributed by atoms with Gasteiger partial charge in [-0.2, -0.15) is 0 Å². The van der Waals surface area contributed by atoms with E-state index in [-0.39, 0.29) is 17.1 Å². The number of hydrogen-bond donors (Lipinski definition) is 1. The Labute approximate surface area is 148 Å². The molecule has 3 aliphatic rings. The first-order valence-corrected chi connectivity index (χ1v) is 8.17. The largest absolute Gasteiger partial charge is 0.376 e. The fourth-order valence-corrected chi connectivity index (χ4v) is 3.84. The van der Waals surface area contributed by atoms with Gasteiger partial charge in [-0.1, -0.05) is 36.4 Å². The lowest BCUT2D eigenvalue weighted by Crippen LogP contribution is -2.33. The molecule has 25 heavy (non-hydrogen) atoms. The molecule has 0 aromatic heterocycles.